The topological polar surface area (TPSA) is 60.1 Å². The van der Waals surface area contributed by atoms with Crippen molar-refractivity contribution in [3.05, 3.63) is 78.0 Å². The molecule has 0 saturated carbocycles. The van der Waals surface area contributed by atoms with Crippen LogP contribution in [0.25, 0.3) is 11.8 Å². The van der Waals surface area contributed by atoms with Gasteiger partial charge in [-0.3, -0.25) is 4.79 Å². The Balaban J connectivity index is 1.55. The van der Waals surface area contributed by atoms with Crippen LogP contribution in [0.2, 0.25) is 0 Å². The fourth-order valence-corrected chi connectivity index (χ4v) is 2.12. The van der Waals surface area contributed by atoms with E-state index in [4.69, 9.17) is 4.42 Å². The van der Waals surface area contributed by atoms with Gasteiger partial charge in [-0.05, 0) is 37.3 Å². The summed E-state index contributed by atoms with van der Waals surface area (Å²) in [6.45, 7) is 2.29. The summed E-state index contributed by atoms with van der Waals surface area (Å²) in [5.74, 6) is 1.31. The minimum atomic E-state index is -0.175. The van der Waals surface area contributed by atoms with E-state index in [-0.39, 0.29) is 5.91 Å². The smallest absolute Gasteiger partial charge is 0.244 e. The molecule has 0 aliphatic carbocycles. The molecule has 2 aromatic heterocycles. The molecule has 23 heavy (non-hydrogen) atoms. The second-order valence-electron chi connectivity index (χ2n) is 5.13. The Morgan fingerprint density at radius 1 is 1.26 bits per heavy atom. The minimum absolute atomic E-state index is 0.175. The number of rotatable bonds is 5. The highest BCUT2D eigenvalue weighted by Gasteiger charge is 2.02. The average Bonchev–Trinajstić information content (AvgIpc) is 3.21. The lowest BCUT2D eigenvalue weighted by Crippen LogP contribution is -2.19. The third-order valence-corrected chi connectivity index (χ3v) is 3.28. The number of furan rings is 1. The SMILES string of the molecule is Cc1ccc(/C=C/C(=O)NCc2cnn(-c3ccccc3)c2)o1. The van der Waals surface area contributed by atoms with Crippen LogP contribution in [0.1, 0.15) is 17.1 Å². The zero-order chi connectivity index (χ0) is 16.1. The number of aryl methyl sites for hydroxylation is 1. The number of carbonyl (C=O) groups is 1. The lowest BCUT2D eigenvalue weighted by molar-refractivity contribution is -0.116. The largest absolute Gasteiger partial charge is 0.462 e. The van der Waals surface area contributed by atoms with Crippen LogP contribution in [0.3, 0.4) is 0 Å². The maximum atomic E-state index is 11.8. The third kappa shape index (κ3) is 3.97. The van der Waals surface area contributed by atoms with E-state index in [1.54, 1.807) is 17.0 Å². The van der Waals surface area contributed by atoms with Gasteiger partial charge in [0.2, 0.25) is 5.91 Å². The van der Waals surface area contributed by atoms with Crippen LogP contribution >= 0.6 is 0 Å². The lowest BCUT2D eigenvalue weighted by Gasteiger charge is -2.00. The molecule has 3 aromatic rings. The molecule has 3 rings (SSSR count). The van der Waals surface area contributed by atoms with Gasteiger partial charge in [-0.1, -0.05) is 18.2 Å². The van der Waals surface area contributed by atoms with Crippen molar-refractivity contribution < 1.29 is 9.21 Å². The quantitative estimate of drug-likeness (QED) is 0.737. The van der Waals surface area contributed by atoms with Crippen LogP contribution in [0.5, 0.6) is 0 Å². The average molecular weight is 307 g/mol. The maximum absolute atomic E-state index is 11.8. The second kappa shape index (κ2) is 6.79. The van der Waals surface area contributed by atoms with E-state index in [2.05, 4.69) is 10.4 Å². The molecule has 0 spiro atoms. The van der Waals surface area contributed by atoms with Crippen molar-refractivity contribution in [1.82, 2.24) is 15.1 Å². The number of para-hydroxylation sites is 1. The van der Waals surface area contributed by atoms with Gasteiger partial charge in [-0.25, -0.2) is 4.68 Å². The van der Waals surface area contributed by atoms with Gasteiger partial charge in [0.25, 0.3) is 0 Å². The lowest BCUT2D eigenvalue weighted by atomic mass is 10.3. The number of hydrogen-bond acceptors (Lipinski definition) is 3. The molecular weight excluding hydrogens is 290 g/mol. The van der Waals surface area contributed by atoms with Crippen molar-refractivity contribution >= 4 is 12.0 Å². The fourth-order valence-electron chi connectivity index (χ4n) is 2.12. The first kappa shape index (κ1) is 14.8. The van der Waals surface area contributed by atoms with Crippen molar-refractivity contribution in [1.29, 1.82) is 0 Å². The Bertz CT molecular complexity index is 816. The Morgan fingerprint density at radius 3 is 2.83 bits per heavy atom. The summed E-state index contributed by atoms with van der Waals surface area (Å²) >= 11 is 0. The molecule has 5 heteroatoms. The molecule has 1 aromatic carbocycles. The fraction of sp³-hybridized carbons (Fsp3) is 0.111. The predicted octanol–water partition coefficient (Wildman–Crippen LogP) is 3.10. The summed E-state index contributed by atoms with van der Waals surface area (Å²) in [5, 5.41) is 7.11. The normalized spacial score (nSPS) is 11.0. The van der Waals surface area contributed by atoms with Crippen LogP contribution in [-0.2, 0) is 11.3 Å². The molecule has 0 aliphatic rings. The number of nitrogens with one attached hydrogen (secondary N) is 1. The van der Waals surface area contributed by atoms with Crippen molar-refractivity contribution in [3.8, 4) is 5.69 Å². The minimum Gasteiger partial charge on any atom is -0.462 e. The molecule has 0 fully saturated rings. The number of benzene rings is 1. The van der Waals surface area contributed by atoms with Gasteiger partial charge >= 0.3 is 0 Å². The van der Waals surface area contributed by atoms with Gasteiger partial charge in [0.1, 0.15) is 11.5 Å². The first-order valence-corrected chi connectivity index (χ1v) is 7.32. The van der Waals surface area contributed by atoms with E-state index >= 15 is 0 Å². The van der Waals surface area contributed by atoms with Gasteiger partial charge in [0, 0.05) is 24.4 Å². The van der Waals surface area contributed by atoms with Crippen molar-refractivity contribution in [2.24, 2.45) is 0 Å². The number of carbonyl (C=O) groups excluding carboxylic acids is 1. The van der Waals surface area contributed by atoms with Crippen LogP contribution in [0.4, 0.5) is 0 Å². The zero-order valence-electron chi connectivity index (χ0n) is 12.8. The zero-order valence-corrected chi connectivity index (χ0v) is 12.8. The Labute approximate surface area is 134 Å². The highest BCUT2D eigenvalue weighted by atomic mass is 16.3. The van der Waals surface area contributed by atoms with E-state index in [1.807, 2.05) is 55.6 Å². The van der Waals surface area contributed by atoms with E-state index in [0.717, 1.165) is 17.0 Å². The molecule has 0 aliphatic heterocycles. The maximum Gasteiger partial charge on any atom is 0.244 e. The standard InChI is InChI=1S/C18H17N3O2/c1-14-7-8-17(23-14)9-10-18(22)19-11-15-12-20-21(13-15)16-5-3-2-4-6-16/h2-10,12-13H,11H2,1H3,(H,19,22)/b10-9+. The van der Waals surface area contributed by atoms with E-state index in [9.17, 15) is 4.79 Å². The van der Waals surface area contributed by atoms with Crippen molar-refractivity contribution in [3.63, 3.8) is 0 Å². The number of aromatic nitrogens is 2. The molecular formula is C18H17N3O2. The van der Waals surface area contributed by atoms with Gasteiger partial charge in [0.05, 0.1) is 11.9 Å². The van der Waals surface area contributed by atoms with Crippen molar-refractivity contribution in [2.75, 3.05) is 0 Å². The first-order valence-electron chi connectivity index (χ1n) is 7.32. The van der Waals surface area contributed by atoms with Crippen LogP contribution in [-0.4, -0.2) is 15.7 Å². The molecule has 116 valence electrons. The van der Waals surface area contributed by atoms with Gasteiger partial charge in [-0.2, -0.15) is 5.10 Å². The highest BCUT2D eigenvalue weighted by molar-refractivity contribution is 5.91. The molecule has 0 atom stereocenters. The first-order chi connectivity index (χ1) is 11.2. The number of nitrogens with zero attached hydrogens (tertiary/aromatic N) is 2. The molecule has 0 unspecified atom stereocenters. The predicted molar refractivity (Wildman–Crippen MR) is 87.9 cm³/mol. The summed E-state index contributed by atoms with van der Waals surface area (Å²) in [6.07, 6.45) is 6.75. The van der Waals surface area contributed by atoms with E-state index < -0.39 is 0 Å². The van der Waals surface area contributed by atoms with Gasteiger partial charge in [-0.15, -0.1) is 0 Å². The van der Waals surface area contributed by atoms with E-state index in [0.29, 0.717) is 12.3 Å². The summed E-state index contributed by atoms with van der Waals surface area (Å²) in [6, 6.07) is 13.5. The third-order valence-electron chi connectivity index (χ3n) is 3.28. The molecule has 2 heterocycles. The molecule has 5 nitrogen and oxygen atoms in total. The van der Waals surface area contributed by atoms with Crippen molar-refractivity contribution in [2.45, 2.75) is 13.5 Å². The molecule has 0 saturated heterocycles. The molecule has 0 radical (unpaired) electrons. The monoisotopic (exact) mass is 307 g/mol. The number of hydrogen-bond donors (Lipinski definition) is 1. The summed E-state index contributed by atoms with van der Waals surface area (Å²) in [5.41, 5.74) is 1.92. The molecule has 1 N–H and O–H groups in total. The second-order valence-corrected chi connectivity index (χ2v) is 5.13. The molecule has 0 bridgehead atoms. The Hall–Kier alpha value is -3.08. The highest BCUT2D eigenvalue weighted by Crippen LogP contribution is 2.08. The summed E-state index contributed by atoms with van der Waals surface area (Å²) in [4.78, 5) is 11.8. The summed E-state index contributed by atoms with van der Waals surface area (Å²) in [7, 11) is 0. The Morgan fingerprint density at radius 2 is 2.09 bits per heavy atom. The van der Waals surface area contributed by atoms with Crippen LogP contribution < -0.4 is 5.32 Å². The van der Waals surface area contributed by atoms with Crippen LogP contribution in [0, 0.1) is 6.92 Å². The Kier molecular flexibility index (Phi) is 4.38. The van der Waals surface area contributed by atoms with Gasteiger partial charge < -0.3 is 9.73 Å². The van der Waals surface area contributed by atoms with E-state index in [1.165, 1.54) is 6.08 Å². The number of amides is 1. The summed E-state index contributed by atoms with van der Waals surface area (Å²) < 4.78 is 7.15. The van der Waals surface area contributed by atoms with Crippen LogP contribution in [0.15, 0.2) is 65.4 Å². The van der Waals surface area contributed by atoms with Gasteiger partial charge in [0.15, 0.2) is 0 Å². The molecule has 1 amide bonds.